The van der Waals surface area contributed by atoms with Crippen LogP contribution in [-0.4, -0.2) is 110 Å². The minimum atomic E-state index is -1.21. The van der Waals surface area contributed by atoms with Gasteiger partial charge in [-0.1, -0.05) is 30.3 Å². The Hall–Kier alpha value is -5.70. The lowest BCUT2D eigenvalue weighted by Crippen LogP contribution is -2.51. The number of hydrogen-bond acceptors (Lipinski definition) is 10. The summed E-state index contributed by atoms with van der Waals surface area (Å²) in [5.74, 6) is -0.591. The van der Waals surface area contributed by atoms with Gasteiger partial charge in [0.2, 0.25) is 11.8 Å². The molecule has 0 aliphatic carbocycles. The number of amides is 3. The first-order valence-electron chi connectivity index (χ1n) is 19.6. The van der Waals surface area contributed by atoms with Crippen LogP contribution in [0.3, 0.4) is 0 Å². The zero-order chi connectivity index (χ0) is 39.8. The number of aliphatic hydroxyl groups is 1. The molecule has 7 rings (SSSR count). The summed E-state index contributed by atoms with van der Waals surface area (Å²) >= 11 is 0. The molecule has 2 fully saturated rings. The number of pyridine rings is 1. The highest BCUT2D eigenvalue weighted by Gasteiger charge is 2.36. The first kappa shape index (κ1) is 39.5. The molecular formula is C43H49N7O7. The number of anilines is 1. The van der Waals surface area contributed by atoms with Gasteiger partial charge in [-0.05, 0) is 80.1 Å². The molecule has 2 aliphatic rings. The quantitative estimate of drug-likeness (QED) is 0.122. The van der Waals surface area contributed by atoms with Crippen LogP contribution in [0, 0.1) is 5.92 Å². The van der Waals surface area contributed by atoms with Crippen molar-refractivity contribution < 1.29 is 29.3 Å². The first-order chi connectivity index (χ1) is 27.6. The van der Waals surface area contributed by atoms with E-state index in [1.54, 1.807) is 41.3 Å². The standard InChI is InChI=1S/C43H49N7O7/c51-38-12-17-44-36-26-31(8-10-34(36)38)40(53)45-16-4-7-32(25-30-5-2-1-3-6-30)41(54)49-19-14-43(56,15-20-49)28-50-29-46-37-27-33(9-11-35(37)42(50)55)47-39(52)13-18-48-21-23-57-24-22-48/h1-3,5-6,8-12,17,26-27,29,32,56H,4,7,13-16,18-25,28H2,(H,44,51)(H,45,53)(H,47,52). The molecule has 3 aromatic carbocycles. The van der Waals surface area contributed by atoms with Crippen LogP contribution in [-0.2, 0) is 27.3 Å². The lowest BCUT2D eigenvalue weighted by atomic mass is 9.88. The van der Waals surface area contributed by atoms with Gasteiger partial charge in [-0.2, -0.15) is 0 Å². The molecule has 298 valence electrons. The Morgan fingerprint density at radius 2 is 1.65 bits per heavy atom. The Labute approximate surface area is 330 Å². The number of carbonyl (C=O) groups excluding carboxylic acids is 3. The number of nitrogens with one attached hydrogen (secondary N) is 2. The van der Waals surface area contributed by atoms with E-state index in [0.717, 1.165) is 18.7 Å². The van der Waals surface area contributed by atoms with E-state index in [9.17, 15) is 29.4 Å². The third-order valence-corrected chi connectivity index (χ3v) is 11.0. The molecule has 4 N–H and O–H groups in total. The average molecular weight is 776 g/mol. The fourth-order valence-corrected chi connectivity index (χ4v) is 7.67. The van der Waals surface area contributed by atoms with Crippen LogP contribution in [0.1, 0.15) is 48.0 Å². The first-order valence-corrected chi connectivity index (χ1v) is 19.6. The molecule has 4 heterocycles. The van der Waals surface area contributed by atoms with E-state index in [1.165, 1.54) is 23.2 Å². The fraction of sp³-hybridized carbons (Fsp3) is 0.395. The summed E-state index contributed by atoms with van der Waals surface area (Å²) in [5.41, 5.74) is 1.52. The summed E-state index contributed by atoms with van der Waals surface area (Å²) in [6.07, 6.45) is 5.55. The number of fused-ring (bicyclic) bond motifs is 2. The molecule has 1 atom stereocenters. The third-order valence-electron chi connectivity index (χ3n) is 11.0. The summed E-state index contributed by atoms with van der Waals surface area (Å²) in [7, 11) is 0. The van der Waals surface area contributed by atoms with Crippen LogP contribution < -0.4 is 16.2 Å². The molecule has 14 heteroatoms. The summed E-state index contributed by atoms with van der Waals surface area (Å²) in [4.78, 5) is 65.8. The zero-order valence-corrected chi connectivity index (χ0v) is 31.9. The third kappa shape index (κ3) is 10.0. The Balaban J connectivity index is 0.926. The van der Waals surface area contributed by atoms with E-state index in [1.807, 2.05) is 30.3 Å². The fourth-order valence-electron chi connectivity index (χ4n) is 7.67. The number of piperidine rings is 1. The highest BCUT2D eigenvalue weighted by molar-refractivity contribution is 5.98. The molecule has 2 aliphatic heterocycles. The number of morpholine rings is 1. The lowest BCUT2D eigenvalue weighted by Gasteiger charge is -2.39. The number of nitrogens with zero attached hydrogens (tertiary/aromatic N) is 5. The van der Waals surface area contributed by atoms with Crippen LogP contribution >= 0.6 is 0 Å². The minimum absolute atomic E-state index is 0.00108. The maximum atomic E-state index is 14.0. The van der Waals surface area contributed by atoms with Gasteiger partial charge < -0.3 is 30.5 Å². The van der Waals surface area contributed by atoms with Gasteiger partial charge in [-0.3, -0.25) is 33.6 Å². The molecule has 0 spiro atoms. The van der Waals surface area contributed by atoms with Crippen molar-refractivity contribution in [2.24, 2.45) is 5.92 Å². The van der Waals surface area contributed by atoms with Gasteiger partial charge in [-0.15, -0.1) is 0 Å². The van der Waals surface area contributed by atoms with Crippen molar-refractivity contribution in [2.75, 3.05) is 57.8 Å². The Bertz CT molecular complexity index is 2270. The predicted molar refractivity (Wildman–Crippen MR) is 216 cm³/mol. The van der Waals surface area contributed by atoms with E-state index in [0.29, 0.717) is 111 Å². The van der Waals surface area contributed by atoms with E-state index in [2.05, 4.69) is 25.5 Å². The smallest absolute Gasteiger partial charge is 0.261 e. The van der Waals surface area contributed by atoms with Crippen LogP contribution in [0.4, 0.5) is 5.69 Å². The number of benzene rings is 3. The van der Waals surface area contributed by atoms with Crippen LogP contribution in [0.2, 0.25) is 0 Å². The number of likely N-dealkylation sites (tertiary alicyclic amines) is 1. The van der Waals surface area contributed by atoms with Gasteiger partial charge >= 0.3 is 0 Å². The van der Waals surface area contributed by atoms with E-state index < -0.39 is 5.60 Å². The van der Waals surface area contributed by atoms with Crippen LogP contribution in [0.25, 0.3) is 21.8 Å². The van der Waals surface area contributed by atoms with Crippen LogP contribution in [0.15, 0.2) is 90.1 Å². The van der Waals surface area contributed by atoms with Crippen molar-refractivity contribution in [3.05, 3.63) is 107 Å². The maximum Gasteiger partial charge on any atom is 0.261 e. The molecular weight excluding hydrogens is 727 g/mol. The minimum Gasteiger partial charge on any atom is -0.507 e. The SMILES string of the molecule is O=C(CCN1CCOCC1)Nc1ccc2c(=O)n(CC3(O)CCN(C(=O)C(CCCNC(=O)c4ccc5c(O)ccnc5c4)Cc4ccccc4)CC3)cnc2c1. The molecule has 57 heavy (non-hydrogen) atoms. The Kier molecular flexibility index (Phi) is 12.5. The summed E-state index contributed by atoms with van der Waals surface area (Å²) < 4.78 is 6.79. The van der Waals surface area contributed by atoms with Crippen molar-refractivity contribution in [3.63, 3.8) is 0 Å². The number of aromatic hydroxyl groups is 1. The second-order valence-electron chi connectivity index (χ2n) is 15.1. The van der Waals surface area contributed by atoms with Gasteiger partial charge in [0.15, 0.2) is 0 Å². The second kappa shape index (κ2) is 18.0. The normalized spacial score (nSPS) is 16.3. The Morgan fingerprint density at radius 1 is 0.895 bits per heavy atom. The van der Waals surface area contributed by atoms with Gasteiger partial charge in [0.25, 0.3) is 11.5 Å². The molecule has 0 saturated carbocycles. The van der Waals surface area contributed by atoms with Crippen molar-refractivity contribution in [3.8, 4) is 5.75 Å². The molecule has 3 amide bonds. The average Bonchev–Trinajstić information content (AvgIpc) is 3.23. The number of rotatable bonds is 14. The molecule has 0 bridgehead atoms. The van der Waals surface area contributed by atoms with Gasteiger partial charge in [0.05, 0.1) is 48.1 Å². The second-order valence-corrected chi connectivity index (χ2v) is 15.1. The van der Waals surface area contributed by atoms with Crippen LogP contribution in [0.5, 0.6) is 5.75 Å². The molecule has 5 aromatic rings. The van der Waals surface area contributed by atoms with E-state index in [-0.39, 0.29) is 41.5 Å². The highest BCUT2D eigenvalue weighted by Crippen LogP contribution is 2.28. The molecule has 0 radical (unpaired) electrons. The van der Waals surface area contributed by atoms with Gasteiger partial charge in [0, 0.05) is 74.4 Å². The number of hydrogen-bond donors (Lipinski definition) is 4. The largest absolute Gasteiger partial charge is 0.507 e. The monoisotopic (exact) mass is 775 g/mol. The molecule has 2 aromatic heterocycles. The molecule has 2 saturated heterocycles. The predicted octanol–water partition coefficient (Wildman–Crippen LogP) is 3.73. The van der Waals surface area contributed by atoms with Crippen molar-refractivity contribution in [2.45, 2.75) is 50.7 Å². The molecule has 1 unspecified atom stereocenters. The number of ether oxygens (including phenoxy) is 1. The Morgan fingerprint density at radius 3 is 2.44 bits per heavy atom. The maximum absolute atomic E-state index is 14.0. The molecule has 14 nitrogen and oxygen atoms in total. The summed E-state index contributed by atoms with van der Waals surface area (Å²) in [6.45, 7) is 4.72. The van der Waals surface area contributed by atoms with E-state index >= 15 is 0 Å². The van der Waals surface area contributed by atoms with Crippen molar-refractivity contribution >= 4 is 45.2 Å². The summed E-state index contributed by atoms with van der Waals surface area (Å²) in [5, 5.41) is 28.5. The van der Waals surface area contributed by atoms with E-state index in [4.69, 9.17) is 4.74 Å². The number of aromatic nitrogens is 3. The highest BCUT2D eigenvalue weighted by atomic mass is 16.5. The lowest BCUT2D eigenvalue weighted by molar-refractivity contribution is -0.140. The van der Waals surface area contributed by atoms with Gasteiger partial charge in [-0.25, -0.2) is 4.98 Å². The van der Waals surface area contributed by atoms with Crippen molar-refractivity contribution in [1.29, 1.82) is 0 Å². The van der Waals surface area contributed by atoms with Gasteiger partial charge in [0.1, 0.15) is 5.75 Å². The summed E-state index contributed by atoms with van der Waals surface area (Å²) in [6, 6.07) is 21.3. The van der Waals surface area contributed by atoms with Crippen molar-refractivity contribution in [1.82, 2.24) is 29.7 Å². The zero-order valence-electron chi connectivity index (χ0n) is 31.9. The topological polar surface area (TPSA) is 179 Å². The number of carbonyl (C=O) groups is 3.